The molecule has 2 aromatic rings. The molecule has 1 aromatic carbocycles. The largest absolute Gasteiger partial charge is 0.490 e. The number of nitrogens with zero attached hydrogens (tertiary/aromatic N) is 4. The first kappa shape index (κ1) is 21.1. The summed E-state index contributed by atoms with van der Waals surface area (Å²) in [5.41, 5.74) is 2.32. The molecule has 3 rings (SSSR count). The molecule has 0 fully saturated rings. The Labute approximate surface area is 174 Å². The van der Waals surface area contributed by atoms with Gasteiger partial charge in [-0.2, -0.15) is 0 Å². The third kappa shape index (κ3) is 5.71. The van der Waals surface area contributed by atoms with Crippen LogP contribution in [0.3, 0.4) is 0 Å². The lowest BCUT2D eigenvalue weighted by Gasteiger charge is -2.20. The Morgan fingerprint density at radius 2 is 2.00 bits per heavy atom. The van der Waals surface area contributed by atoms with Crippen LogP contribution < -0.4 is 15.4 Å². The van der Waals surface area contributed by atoms with Crippen molar-refractivity contribution < 1.29 is 4.74 Å². The maximum atomic E-state index is 6.25. The molecule has 158 valence electrons. The van der Waals surface area contributed by atoms with E-state index in [2.05, 4.69) is 76.3 Å². The molecule has 0 saturated carbocycles. The minimum atomic E-state index is 0.183. The van der Waals surface area contributed by atoms with Crippen LogP contribution in [0.25, 0.3) is 0 Å². The molecule has 2 N–H and O–H groups in total. The Hall–Kier alpha value is -2.57. The van der Waals surface area contributed by atoms with Gasteiger partial charge < -0.3 is 19.9 Å². The molecular formula is C22H34N6O. The predicted molar refractivity (Wildman–Crippen MR) is 116 cm³/mol. The van der Waals surface area contributed by atoms with Gasteiger partial charge in [-0.3, -0.25) is 4.99 Å². The molecule has 1 aliphatic rings. The van der Waals surface area contributed by atoms with Crippen molar-refractivity contribution in [3.05, 3.63) is 41.0 Å². The Balaban J connectivity index is 1.58. The Morgan fingerprint density at radius 3 is 2.76 bits per heavy atom. The van der Waals surface area contributed by atoms with Crippen molar-refractivity contribution in [3.63, 3.8) is 0 Å². The van der Waals surface area contributed by atoms with Crippen LogP contribution in [-0.2, 0) is 26.1 Å². The van der Waals surface area contributed by atoms with Gasteiger partial charge in [-0.05, 0) is 44.2 Å². The fourth-order valence-electron chi connectivity index (χ4n) is 3.75. The smallest absolute Gasteiger partial charge is 0.191 e. The van der Waals surface area contributed by atoms with Gasteiger partial charge in [0.2, 0.25) is 0 Å². The minimum absolute atomic E-state index is 0.183. The molecule has 29 heavy (non-hydrogen) atoms. The molecule has 1 aromatic heterocycles. The highest BCUT2D eigenvalue weighted by molar-refractivity contribution is 5.79. The number of aryl methyl sites for hydroxylation is 2. The zero-order valence-electron chi connectivity index (χ0n) is 18.3. The third-order valence-electron chi connectivity index (χ3n) is 5.12. The van der Waals surface area contributed by atoms with Crippen LogP contribution in [-0.4, -0.2) is 33.9 Å². The lowest BCUT2D eigenvalue weighted by Crippen LogP contribution is -2.37. The van der Waals surface area contributed by atoms with Crippen molar-refractivity contribution in [1.82, 2.24) is 25.4 Å². The SMILES string of the molecule is CN=C(NCc1ccc(C)cc1OC(C)CC(C)C)NCc1nnc2n1CCC2. The van der Waals surface area contributed by atoms with Gasteiger partial charge in [0, 0.05) is 32.1 Å². The minimum Gasteiger partial charge on any atom is -0.490 e. The summed E-state index contributed by atoms with van der Waals surface area (Å²) in [5, 5.41) is 15.3. The van der Waals surface area contributed by atoms with Crippen LogP contribution in [0, 0.1) is 12.8 Å². The molecule has 7 heteroatoms. The highest BCUT2D eigenvalue weighted by Crippen LogP contribution is 2.23. The van der Waals surface area contributed by atoms with E-state index in [1.165, 1.54) is 5.56 Å². The molecule has 7 nitrogen and oxygen atoms in total. The predicted octanol–water partition coefficient (Wildman–Crippen LogP) is 3.21. The van der Waals surface area contributed by atoms with Crippen LogP contribution in [0.1, 0.15) is 56.4 Å². The van der Waals surface area contributed by atoms with Crippen molar-refractivity contribution in [2.45, 2.75) is 72.7 Å². The van der Waals surface area contributed by atoms with Gasteiger partial charge in [-0.15, -0.1) is 10.2 Å². The summed E-state index contributed by atoms with van der Waals surface area (Å²) < 4.78 is 8.45. The number of nitrogens with one attached hydrogen (secondary N) is 2. The number of ether oxygens (including phenoxy) is 1. The van der Waals surface area contributed by atoms with E-state index in [4.69, 9.17) is 4.74 Å². The number of rotatable bonds is 8. The standard InChI is InChI=1S/C22H34N6O/c1-15(2)11-17(4)29-19-12-16(3)8-9-18(19)13-24-22(23-5)25-14-21-27-26-20-7-6-10-28(20)21/h8-9,12,15,17H,6-7,10-11,13-14H2,1-5H3,(H2,23,24,25). The van der Waals surface area contributed by atoms with E-state index in [9.17, 15) is 0 Å². The normalized spacial score (nSPS) is 14.8. The highest BCUT2D eigenvalue weighted by atomic mass is 16.5. The second-order valence-electron chi connectivity index (χ2n) is 8.24. The average molecular weight is 399 g/mol. The van der Waals surface area contributed by atoms with Gasteiger partial charge in [0.05, 0.1) is 12.6 Å². The maximum absolute atomic E-state index is 6.25. The van der Waals surface area contributed by atoms with Gasteiger partial charge in [-0.25, -0.2) is 0 Å². The van der Waals surface area contributed by atoms with E-state index in [1.54, 1.807) is 7.05 Å². The van der Waals surface area contributed by atoms with Crippen LogP contribution >= 0.6 is 0 Å². The Kier molecular flexibility index (Phi) is 7.12. The molecule has 0 spiro atoms. The monoisotopic (exact) mass is 398 g/mol. The summed E-state index contributed by atoms with van der Waals surface area (Å²) in [7, 11) is 1.78. The lowest BCUT2D eigenvalue weighted by molar-refractivity contribution is 0.191. The number of fused-ring (bicyclic) bond motifs is 1. The summed E-state index contributed by atoms with van der Waals surface area (Å²) in [4.78, 5) is 4.34. The second-order valence-corrected chi connectivity index (χ2v) is 8.24. The van der Waals surface area contributed by atoms with E-state index in [1.807, 2.05) is 0 Å². The summed E-state index contributed by atoms with van der Waals surface area (Å²) in [6, 6.07) is 6.36. The number of aromatic nitrogens is 3. The van der Waals surface area contributed by atoms with Crippen LogP contribution in [0.4, 0.5) is 0 Å². The van der Waals surface area contributed by atoms with E-state index in [0.717, 1.165) is 54.7 Å². The van der Waals surface area contributed by atoms with Crippen molar-refractivity contribution in [2.24, 2.45) is 10.9 Å². The number of hydrogen-bond acceptors (Lipinski definition) is 4. The number of benzene rings is 1. The first-order chi connectivity index (χ1) is 14.0. The van der Waals surface area contributed by atoms with Crippen molar-refractivity contribution in [2.75, 3.05) is 7.05 Å². The number of hydrogen-bond donors (Lipinski definition) is 2. The van der Waals surface area contributed by atoms with Crippen molar-refractivity contribution in [3.8, 4) is 5.75 Å². The fraction of sp³-hybridized carbons (Fsp3) is 0.591. The third-order valence-corrected chi connectivity index (χ3v) is 5.12. The first-order valence-corrected chi connectivity index (χ1v) is 10.6. The highest BCUT2D eigenvalue weighted by Gasteiger charge is 2.17. The Bertz CT molecular complexity index is 842. The molecular weight excluding hydrogens is 364 g/mol. The fourth-order valence-corrected chi connectivity index (χ4v) is 3.75. The zero-order chi connectivity index (χ0) is 20.8. The molecule has 1 aliphatic heterocycles. The van der Waals surface area contributed by atoms with Crippen LogP contribution in [0.2, 0.25) is 0 Å². The number of guanidine groups is 1. The molecule has 2 heterocycles. The second kappa shape index (κ2) is 9.76. The molecule has 0 radical (unpaired) electrons. The summed E-state index contributed by atoms with van der Waals surface area (Å²) in [6.07, 6.45) is 3.39. The van der Waals surface area contributed by atoms with Gasteiger partial charge in [-0.1, -0.05) is 26.0 Å². The van der Waals surface area contributed by atoms with Crippen LogP contribution in [0.5, 0.6) is 5.75 Å². The van der Waals surface area contributed by atoms with Crippen LogP contribution in [0.15, 0.2) is 23.2 Å². The van der Waals surface area contributed by atoms with E-state index in [0.29, 0.717) is 19.0 Å². The van der Waals surface area contributed by atoms with E-state index < -0.39 is 0 Å². The molecule has 1 unspecified atom stereocenters. The molecule has 0 aliphatic carbocycles. The average Bonchev–Trinajstić information content (AvgIpc) is 3.27. The summed E-state index contributed by atoms with van der Waals surface area (Å²) in [6.45, 7) is 10.9. The van der Waals surface area contributed by atoms with E-state index >= 15 is 0 Å². The van der Waals surface area contributed by atoms with Crippen molar-refractivity contribution >= 4 is 5.96 Å². The van der Waals surface area contributed by atoms with Gasteiger partial charge >= 0.3 is 0 Å². The summed E-state index contributed by atoms with van der Waals surface area (Å²) in [5.74, 6) is 4.33. The maximum Gasteiger partial charge on any atom is 0.191 e. The lowest BCUT2D eigenvalue weighted by atomic mass is 10.1. The zero-order valence-corrected chi connectivity index (χ0v) is 18.3. The van der Waals surface area contributed by atoms with Gasteiger partial charge in [0.15, 0.2) is 11.8 Å². The topological polar surface area (TPSA) is 76.4 Å². The summed E-state index contributed by atoms with van der Waals surface area (Å²) >= 11 is 0. The molecule has 0 saturated heterocycles. The molecule has 0 bridgehead atoms. The molecule has 0 amide bonds. The van der Waals surface area contributed by atoms with Gasteiger partial charge in [0.25, 0.3) is 0 Å². The first-order valence-electron chi connectivity index (χ1n) is 10.6. The molecule has 1 atom stereocenters. The Morgan fingerprint density at radius 1 is 1.21 bits per heavy atom. The number of aliphatic imine (C=N–C) groups is 1. The van der Waals surface area contributed by atoms with Gasteiger partial charge in [0.1, 0.15) is 11.6 Å². The quantitative estimate of drug-likeness (QED) is 0.527. The van der Waals surface area contributed by atoms with E-state index in [-0.39, 0.29) is 6.10 Å². The van der Waals surface area contributed by atoms with Crippen molar-refractivity contribution in [1.29, 1.82) is 0 Å².